The Morgan fingerprint density at radius 1 is 1.59 bits per heavy atom. The Balaban J connectivity index is 0.00000256. The molecule has 1 atom stereocenters. The van der Waals surface area contributed by atoms with Crippen LogP contribution in [0.25, 0.3) is 0 Å². The van der Waals surface area contributed by atoms with E-state index in [1.807, 2.05) is 12.3 Å². The average Bonchev–Trinajstić information content (AvgIpc) is 2.74. The predicted octanol–water partition coefficient (Wildman–Crippen LogP) is 1.87. The van der Waals surface area contributed by atoms with Crippen LogP contribution in [0.4, 0.5) is 0 Å². The average molecular weight is 278 g/mol. The van der Waals surface area contributed by atoms with E-state index in [1.54, 1.807) is 11.3 Å². The highest BCUT2D eigenvalue weighted by molar-refractivity contribution is 7.09. The van der Waals surface area contributed by atoms with E-state index in [0.717, 1.165) is 30.0 Å². The maximum atomic E-state index is 11.5. The molecule has 0 aliphatic rings. The highest BCUT2D eigenvalue weighted by Crippen LogP contribution is 2.09. The van der Waals surface area contributed by atoms with Crippen molar-refractivity contribution in [2.45, 2.75) is 45.7 Å². The van der Waals surface area contributed by atoms with Crippen LogP contribution in [0, 0.1) is 0 Å². The Morgan fingerprint density at radius 2 is 2.29 bits per heavy atom. The van der Waals surface area contributed by atoms with Gasteiger partial charge in [-0.2, -0.15) is 0 Å². The number of rotatable bonds is 6. The molecule has 1 unspecified atom stereocenters. The summed E-state index contributed by atoms with van der Waals surface area (Å²) in [5, 5.41) is 5.88. The van der Waals surface area contributed by atoms with Crippen LogP contribution in [0.1, 0.15) is 37.4 Å². The van der Waals surface area contributed by atoms with Gasteiger partial charge in [0, 0.05) is 5.38 Å². The molecular formula is C11H20ClN3OS. The maximum absolute atomic E-state index is 11.5. The van der Waals surface area contributed by atoms with Crippen LogP contribution in [-0.4, -0.2) is 16.9 Å². The van der Waals surface area contributed by atoms with Crippen molar-refractivity contribution in [2.75, 3.05) is 0 Å². The first-order chi connectivity index (χ1) is 7.67. The molecule has 0 fully saturated rings. The van der Waals surface area contributed by atoms with Crippen molar-refractivity contribution in [3.8, 4) is 0 Å². The third-order valence-corrected chi connectivity index (χ3v) is 3.32. The molecule has 0 bridgehead atoms. The fraction of sp³-hybridized carbons (Fsp3) is 0.636. The summed E-state index contributed by atoms with van der Waals surface area (Å²) in [6.07, 6.45) is 2.59. The van der Waals surface area contributed by atoms with Gasteiger partial charge in [-0.25, -0.2) is 4.98 Å². The van der Waals surface area contributed by atoms with Gasteiger partial charge in [-0.05, 0) is 12.8 Å². The molecule has 1 heterocycles. The zero-order valence-electron chi connectivity index (χ0n) is 10.2. The minimum Gasteiger partial charge on any atom is -0.349 e. The van der Waals surface area contributed by atoms with Crippen LogP contribution < -0.4 is 11.1 Å². The summed E-state index contributed by atoms with van der Waals surface area (Å²) >= 11 is 1.63. The number of aromatic nitrogens is 1. The Bertz CT molecular complexity index is 343. The molecule has 1 amide bonds. The summed E-state index contributed by atoms with van der Waals surface area (Å²) in [4.78, 5) is 15.9. The van der Waals surface area contributed by atoms with Crippen LogP contribution in [0.5, 0.6) is 0 Å². The first kappa shape index (κ1) is 16.4. The molecule has 1 aromatic rings. The van der Waals surface area contributed by atoms with E-state index in [4.69, 9.17) is 5.73 Å². The van der Waals surface area contributed by atoms with E-state index >= 15 is 0 Å². The Morgan fingerprint density at radius 3 is 2.82 bits per heavy atom. The zero-order chi connectivity index (χ0) is 12.0. The molecule has 3 N–H and O–H groups in total. The lowest BCUT2D eigenvalue weighted by atomic mass is 10.2. The van der Waals surface area contributed by atoms with Crippen LogP contribution >= 0.6 is 23.7 Å². The Hall–Kier alpha value is -0.650. The maximum Gasteiger partial charge on any atom is 0.237 e. The van der Waals surface area contributed by atoms with Gasteiger partial charge >= 0.3 is 0 Å². The van der Waals surface area contributed by atoms with Gasteiger partial charge in [0.1, 0.15) is 0 Å². The summed E-state index contributed by atoms with van der Waals surface area (Å²) in [6.45, 7) is 4.56. The third kappa shape index (κ3) is 5.48. The van der Waals surface area contributed by atoms with E-state index in [1.165, 1.54) is 0 Å². The molecule has 0 spiro atoms. The first-order valence-electron chi connectivity index (χ1n) is 5.63. The second-order valence-electron chi connectivity index (χ2n) is 3.70. The van der Waals surface area contributed by atoms with E-state index < -0.39 is 6.04 Å². The molecule has 4 nitrogen and oxygen atoms in total. The number of thiazole rings is 1. The number of hydrogen-bond donors (Lipinski definition) is 2. The minimum atomic E-state index is -0.394. The topological polar surface area (TPSA) is 68.0 Å². The third-order valence-electron chi connectivity index (χ3n) is 2.28. The normalized spacial score (nSPS) is 11.7. The molecule has 1 aromatic heterocycles. The van der Waals surface area contributed by atoms with E-state index in [-0.39, 0.29) is 18.3 Å². The molecule has 98 valence electrons. The van der Waals surface area contributed by atoms with Gasteiger partial charge in [0.2, 0.25) is 5.91 Å². The highest BCUT2D eigenvalue weighted by Gasteiger charge is 2.11. The fourth-order valence-electron chi connectivity index (χ4n) is 1.34. The SMILES string of the molecule is CCCC(N)C(=O)NCc1csc(CC)n1.Cl. The molecule has 0 radical (unpaired) electrons. The van der Waals surface area contributed by atoms with Crippen molar-refractivity contribution in [2.24, 2.45) is 5.73 Å². The second kappa shape index (κ2) is 8.44. The van der Waals surface area contributed by atoms with Crippen molar-refractivity contribution in [1.29, 1.82) is 0 Å². The highest BCUT2D eigenvalue weighted by atomic mass is 35.5. The van der Waals surface area contributed by atoms with Crippen molar-refractivity contribution in [3.63, 3.8) is 0 Å². The Labute approximate surface area is 112 Å². The molecule has 0 aliphatic carbocycles. The Kier molecular flexibility index (Phi) is 8.12. The lowest BCUT2D eigenvalue weighted by molar-refractivity contribution is -0.122. The zero-order valence-corrected chi connectivity index (χ0v) is 11.9. The summed E-state index contributed by atoms with van der Waals surface area (Å²) in [5.41, 5.74) is 6.61. The molecule has 1 rings (SSSR count). The van der Waals surface area contributed by atoms with Gasteiger partial charge in [-0.15, -0.1) is 23.7 Å². The van der Waals surface area contributed by atoms with Gasteiger partial charge in [-0.3, -0.25) is 4.79 Å². The number of amides is 1. The van der Waals surface area contributed by atoms with Crippen LogP contribution in [0.15, 0.2) is 5.38 Å². The van der Waals surface area contributed by atoms with Crippen molar-refractivity contribution >= 4 is 29.7 Å². The number of nitrogens with one attached hydrogen (secondary N) is 1. The van der Waals surface area contributed by atoms with Crippen LogP contribution in [-0.2, 0) is 17.8 Å². The molecule has 0 saturated heterocycles. The molecule has 0 saturated carbocycles. The van der Waals surface area contributed by atoms with Gasteiger partial charge in [0.05, 0.1) is 23.3 Å². The number of nitrogens with zero attached hydrogens (tertiary/aromatic N) is 1. The first-order valence-corrected chi connectivity index (χ1v) is 6.51. The number of hydrogen-bond acceptors (Lipinski definition) is 4. The summed E-state index contributed by atoms with van der Waals surface area (Å²) in [6, 6.07) is -0.394. The largest absolute Gasteiger partial charge is 0.349 e. The molecule has 6 heteroatoms. The molecule has 17 heavy (non-hydrogen) atoms. The number of carbonyl (C=O) groups is 1. The van der Waals surface area contributed by atoms with E-state index in [0.29, 0.717) is 6.54 Å². The summed E-state index contributed by atoms with van der Waals surface area (Å²) in [7, 11) is 0. The lowest BCUT2D eigenvalue weighted by Crippen LogP contribution is -2.40. The van der Waals surface area contributed by atoms with Crippen LogP contribution in [0.3, 0.4) is 0 Å². The standard InChI is InChI=1S/C11H19N3OS.ClH/c1-3-5-9(12)11(15)13-6-8-7-16-10(4-2)14-8;/h7,9H,3-6,12H2,1-2H3,(H,13,15);1H. The fourth-order valence-corrected chi connectivity index (χ4v) is 2.09. The van der Waals surface area contributed by atoms with Crippen LogP contribution in [0.2, 0.25) is 0 Å². The monoisotopic (exact) mass is 277 g/mol. The number of aryl methyl sites for hydroxylation is 1. The van der Waals surface area contributed by atoms with Gasteiger partial charge in [0.25, 0.3) is 0 Å². The van der Waals surface area contributed by atoms with Gasteiger partial charge < -0.3 is 11.1 Å². The van der Waals surface area contributed by atoms with Gasteiger partial charge in [0.15, 0.2) is 0 Å². The number of carbonyl (C=O) groups excluding carboxylic acids is 1. The molecule has 0 aromatic carbocycles. The number of nitrogens with two attached hydrogens (primary N) is 1. The summed E-state index contributed by atoms with van der Waals surface area (Å²) < 4.78 is 0. The smallest absolute Gasteiger partial charge is 0.237 e. The minimum absolute atomic E-state index is 0. The van der Waals surface area contributed by atoms with E-state index in [2.05, 4.69) is 17.2 Å². The molecule has 0 aliphatic heterocycles. The quantitative estimate of drug-likeness (QED) is 0.834. The molecular weight excluding hydrogens is 258 g/mol. The number of halogens is 1. The lowest BCUT2D eigenvalue weighted by Gasteiger charge is -2.09. The van der Waals surface area contributed by atoms with Crippen molar-refractivity contribution < 1.29 is 4.79 Å². The second-order valence-corrected chi connectivity index (χ2v) is 4.64. The van der Waals surface area contributed by atoms with Crippen molar-refractivity contribution in [1.82, 2.24) is 10.3 Å². The van der Waals surface area contributed by atoms with Crippen molar-refractivity contribution in [3.05, 3.63) is 16.1 Å². The predicted molar refractivity (Wildman–Crippen MR) is 73.5 cm³/mol. The summed E-state index contributed by atoms with van der Waals surface area (Å²) in [5.74, 6) is -0.0899. The van der Waals surface area contributed by atoms with Gasteiger partial charge in [-0.1, -0.05) is 20.3 Å². The van der Waals surface area contributed by atoms with E-state index in [9.17, 15) is 4.79 Å².